The maximum Gasteiger partial charge on any atom is 0.101 e. The first kappa shape index (κ1) is 12.4. The van der Waals surface area contributed by atoms with Crippen LogP contribution in [-0.2, 0) is 0 Å². The van der Waals surface area contributed by atoms with E-state index in [1.165, 1.54) is 5.54 Å². The second-order valence-corrected chi connectivity index (χ2v) is 3.65. The third kappa shape index (κ3) is 2.88. The maximum absolute atomic E-state index is 8.88. The molecule has 0 fully saturated rings. The second kappa shape index (κ2) is 5.99. The molecule has 0 radical (unpaired) electrons. The Morgan fingerprint density at radius 1 is 1.56 bits per heavy atom. The summed E-state index contributed by atoms with van der Waals surface area (Å²) in [6.07, 6.45) is 4.46. The number of benzene rings is 1. The van der Waals surface area contributed by atoms with Gasteiger partial charge in [0, 0.05) is 17.1 Å². The molecule has 1 atom stereocenters. The van der Waals surface area contributed by atoms with E-state index in [0.717, 1.165) is 12.0 Å². The zero-order valence-corrected chi connectivity index (χ0v) is 9.61. The summed E-state index contributed by atoms with van der Waals surface area (Å²) in [4.78, 5) is 0. The number of hydrogen-bond donors (Lipinski definition) is 1. The molecule has 82 valence electrons. The molecule has 0 amide bonds. The lowest BCUT2D eigenvalue weighted by molar-refractivity contribution is 0.866. The fraction of sp³-hybridized carbons (Fsp3) is 0.154. The fourth-order valence-electron chi connectivity index (χ4n) is 1.47. The summed E-state index contributed by atoms with van der Waals surface area (Å²) < 4.78 is 0. The highest BCUT2D eigenvalue weighted by Gasteiger charge is 2.08. The molecule has 0 aromatic heterocycles. The highest BCUT2D eigenvalue weighted by atomic mass is 35.5. The van der Waals surface area contributed by atoms with Crippen LogP contribution in [0.3, 0.4) is 0 Å². The molecule has 0 saturated carbocycles. The summed E-state index contributed by atoms with van der Waals surface area (Å²) in [6.45, 7) is 3.78. The molecular weight excluding hydrogens is 220 g/mol. The van der Waals surface area contributed by atoms with Gasteiger partial charge in [-0.1, -0.05) is 29.8 Å². The molecular formula is C13H13ClN2. The normalized spacial score (nSPS) is 12.2. The standard InChI is InChI=1S/C13H13ClN2/c1-2-10(4-3-7-14)11-5-6-13(16)12(8-11)9-15/h2-3,5-8,10H,1,4,16H2. The molecule has 1 unspecified atom stereocenters. The van der Waals surface area contributed by atoms with Gasteiger partial charge in [-0.15, -0.1) is 6.58 Å². The van der Waals surface area contributed by atoms with Gasteiger partial charge in [0.2, 0.25) is 0 Å². The minimum absolute atomic E-state index is 0.155. The van der Waals surface area contributed by atoms with Crippen molar-refractivity contribution >= 4 is 17.3 Å². The van der Waals surface area contributed by atoms with Gasteiger partial charge in [-0.2, -0.15) is 5.26 Å². The minimum atomic E-state index is 0.155. The predicted octanol–water partition coefficient (Wildman–Crippen LogP) is 3.55. The molecule has 1 aromatic rings. The van der Waals surface area contributed by atoms with Crippen LogP contribution >= 0.6 is 11.6 Å². The van der Waals surface area contributed by atoms with E-state index in [1.807, 2.05) is 18.2 Å². The molecule has 0 aliphatic rings. The lowest BCUT2D eigenvalue weighted by Crippen LogP contribution is -1.97. The van der Waals surface area contributed by atoms with Gasteiger partial charge in [-0.3, -0.25) is 0 Å². The fourth-order valence-corrected chi connectivity index (χ4v) is 1.57. The van der Waals surface area contributed by atoms with E-state index in [1.54, 1.807) is 12.1 Å². The lowest BCUT2D eigenvalue weighted by Gasteiger charge is -2.11. The molecule has 0 heterocycles. The molecule has 3 heteroatoms. The number of nitriles is 1. The van der Waals surface area contributed by atoms with Gasteiger partial charge in [0.1, 0.15) is 6.07 Å². The monoisotopic (exact) mass is 232 g/mol. The van der Waals surface area contributed by atoms with Crippen LogP contribution in [-0.4, -0.2) is 0 Å². The molecule has 2 nitrogen and oxygen atoms in total. The van der Waals surface area contributed by atoms with Crippen molar-refractivity contribution in [2.45, 2.75) is 12.3 Å². The van der Waals surface area contributed by atoms with Gasteiger partial charge in [-0.25, -0.2) is 0 Å². The third-order valence-electron chi connectivity index (χ3n) is 2.39. The molecule has 1 aromatic carbocycles. The van der Waals surface area contributed by atoms with Gasteiger partial charge in [0.25, 0.3) is 0 Å². The van der Waals surface area contributed by atoms with E-state index < -0.39 is 0 Å². The van der Waals surface area contributed by atoms with Gasteiger partial charge in [-0.05, 0) is 24.1 Å². The van der Waals surface area contributed by atoms with Gasteiger partial charge in [0.05, 0.1) is 5.56 Å². The first-order chi connectivity index (χ1) is 7.72. The molecule has 0 aliphatic heterocycles. The summed E-state index contributed by atoms with van der Waals surface area (Å²) in [5, 5.41) is 8.88. The van der Waals surface area contributed by atoms with Crippen molar-refractivity contribution < 1.29 is 0 Å². The van der Waals surface area contributed by atoms with Crippen LogP contribution in [0.25, 0.3) is 0 Å². The Labute approximate surface area is 101 Å². The van der Waals surface area contributed by atoms with E-state index >= 15 is 0 Å². The molecule has 1 rings (SSSR count). The second-order valence-electron chi connectivity index (χ2n) is 3.40. The minimum Gasteiger partial charge on any atom is -0.398 e. The number of halogens is 1. The summed E-state index contributed by atoms with van der Waals surface area (Å²) in [5.74, 6) is 0.155. The van der Waals surface area contributed by atoms with E-state index in [0.29, 0.717) is 11.3 Å². The molecule has 0 bridgehead atoms. The van der Waals surface area contributed by atoms with Gasteiger partial charge >= 0.3 is 0 Å². The van der Waals surface area contributed by atoms with Crippen LogP contribution in [0, 0.1) is 11.3 Å². The van der Waals surface area contributed by atoms with Crippen LogP contribution in [0.15, 0.2) is 42.5 Å². The molecule has 2 N–H and O–H groups in total. The van der Waals surface area contributed by atoms with E-state index in [2.05, 4.69) is 12.6 Å². The molecule has 0 aliphatic carbocycles. The summed E-state index contributed by atoms with van der Waals surface area (Å²) in [5.41, 5.74) is 9.17. The Bertz CT molecular complexity index is 444. The quantitative estimate of drug-likeness (QED) is 0.638. The average Bonchev–Trinajstić information content (AvgIpc) is 2.32. The number of nitrogens with zero attached hydrogens (tertiary/aromatic N) is 1. The van der Waals surface area contributed by atoms with E-state index in [4.69, 9.17) is 22.6 Å². The Morgan fingerprint density at radius 3 is 2.88 bits per heavy atom. The number of allylic oxidation sites excluding steroid dienone is 2. The highest BCUT2D eigenvalue weighted by Crippen LogP contribution is 2.24. The van der Waals surface area contributed by atoms with Crippen LogP contribution < -0.4 is 5.73 Å². The topological polar surface area (TPSA) is 49.8 Å². The average molecular weight is 233 g/mol. The Kier molecular flexibility index (Phi) is 4.63. The van der Waals surface area contributed by atoms with Crippen molar-refractivity contribution in [1.82, 2.24) is 0 Å². The smallest absolute Gasteiger partial charge is 0.101 e. The number of nitrogen functional groups attached to an aromatic ring is 1. The maximum atomic E-state index is 8.88. The zero-order chi connectivity index (χ0) is 12.0. The van der Waals surface area contributed by atoms with E-state index in [9.17, 15) is 0 Å². The molecule has 16 heavy (non-hydrogen) atoms. The van der Waals surface area contributed by atoms with Gasteiger partial charge in [0.15, 0.2) is 0 Å². The number of rotatable bonds is 4. The number of anilines is 1. The van der Waals surface area contributed by atoms with Crippen molar-refractivity contribution in [3.05, 3.63) is 53.6 Å². The van der Waals surface area contributed by atoms with Crippen LogP contribution in [0.2, 0.25) is 0 Å². The molecule has 0 saturated heterocycles. The van der Waals surface area contributed by atoms with Crippen molar-refractivity contribution in [3.63, 3.8) is 0 Å². The Morgan fingerprint density at radius 2 is 2.31 bits per heavy atom. The lowest BCUT2D eigenvalue weighted by atomic mass is 9.94. The van der Waals surface area contributed by atoms with Crippen LogP contribution in [0.5, 0.6) is 0 Å². The number of nitrogens with two attached hydrogens (primary N) is 1. The SMILES string of the molecule is C=CC(CC=CCl)c1ccc(N)c(C#N)c1. The predicted molar refractivity (Wildman–Crippen MR) is 68.1 cm³/mol. The Hall–Kier alpha value is -1.72. The Balaban J connectivity index is 3.02. The van der Waals surface area contributed by atoms with Crippen molar-refractivity contribution in [1.29, 1.82) is 5.26 Å². The summed E-state index contributed by atoms with van der Waals surface area (Å²) >= 11 is 5.49. The van der Waals surface area contributed by atoms with Crippen molar-refractivity contribution in [2.75, 3.05) is 5.73 Å². The third-order valence-corrected chi connectivity index (χ3v) is 2.57. The molecule has 0 spiro atoms. The van der Waals surface area contributed by atoms with Crippen molar-refractivity contribution in [3.8, 4) is 6.07 Å². The highest BCUT2D eigenvalue weighted by molar-refractivity contribution is 6.25. The first-order valence-electron chi connectivity index (χ1n) is 4.90. The van der Waals surface area contributed by atoms with Crippen molar-refractivity contribution in [2.24, 2.45) is 0 Å². The number of hydrogen-bond acceptors (Lipinski definition) is 2. The van der Waals surface area contributed by atoms with Gasteiger partial charge < -0.3 is 5.73 Å². The first-order valence-corrected chi connectivity index (χ1v) is 5.34. The van der Waals surface area contributed by atoms with Crippen LogP contribution in [0.1, 0.15) is 23.5 Å². The summed E-state index contributed by atoms with van der Waals surface area (Å²) in [7, 11) is 0. The van der Waals surface area contributed by atoms with E-state index in [-0.39, 0.29) is 5.92 Å². The summed E-state index contributed by atoms with van der Waals surface area (Å²) in [6, 6.07) is 7.51. The largest absolute Gasteiger partial charge is 0.398 e. The zero-order valence-electron chi connectivity index (χ0n) is 8.86. The van der Waals surface area contributed by atoms with Crippen LogP contribution in [0.4, 0.5) is 5.69 Å².